The summed E-state index contributed by atoms with van der Waals surface area (Å²) in [5.41, 5.74) is 6.35. The van der Waals surface area contributed by atoms with E-state index in [-0.39, 0.29) is 6.04 Å². The van der Waals surface area contributed by atoms with E-state index in [2.05, 4.69) is 14.8 Å². The molecule has 1 unspecified atom stereocenters. The number of ether oxygens (including phenoxy) is 1. The second kappa shape index (κ2) is 8.93. The number of hydrogen-bond acceptors (Lipinski definition) is 3. The number of nitrogens with zero attached hydrogens (tertiary/aromatic N) is 3. The molecule has 3 rings (SSSR count). The van der Waals surface area contributed by atoms with Crippen LogP contribution in [0.15, 0.2) is 29.3 Å². The molecule has 0 spiro atoms. The maximum absolute atomic E-state index is 12.9. The van der Waals surface area contributed by atoms with E-state index in [0.717, 1.165) is 56.7 Å². The summed E-state index contributed by atoms with van der Waals surface area (Å²) in [7, 11) is 0. The van der Waals surface area contributed by atoms with E-state index < -0.39 is 11.7 Å². The van der Waals surface area contributed by atoms with Crippen LogP contribution in [0, 0.1) is 0 Å². The predicted molar refractivity (Wildman–Crippen MR) is 98.5 cm³/mol. The Balaban J connectivity index is 1.76. The number of aliphatic imine (C=N–C) groups is 1. The molecule has 2 fully saturated rings. The number of alkyl halides is 3. The number of piperidine rings is 1. The van der Waals surface area contributed by atoms with Crippen LogP contribution >= 0.6 is 0 Å². The summed E-state index contributed by atoms with van der Waals surface area (Å²) >= 11 is 0. The van der Waals surface area contributed by atoms with Crippen molar-refractivity contribution in [2.75, 3.05) is 45.9 Å². The fourth-order valence-corrected chi connectivity index (χ4v) is 3.62. The first-order valence-corrected chi connectivity index (χ1v) is 9.49. The van der Waals surface area contributed by atoms with Gasteiger partial charge in [-0.2, -0.15) is 13.2 Å². The standard InChI is InChI=1S/C19H27F3N4O/c20-19(21,22)16-6-4-15(5-7-16)17(25-10-12-27-13-11-25)14-24-18(23)26-8-2-1-3-9-26/h4-7,17H,1-3,8-14H2,(H2,23,24). The van der Waals surface area contributed by atoms with Gasteiger partial charge in [0.15, 0.2) is 5.96 Å². The lowest BCUT2D eigenvalue weighted by molar-refractivity contribution is -0.137. The Morgan fingerprint density at radius 2 is 1.67 bits per heavy atom. The maximum atomic E-state index is 12.9. The van der Waals surface area contributed by atoms with Gasteiger partial charge in [0, 0.05) is 26.2 Å². The molecule has 0 amide bonds. The summed E-state index contributed by atoms with van der Waals surface area (Å²) in [5.74, 6) is 0.528. The number of hydrogen-bond donors (Lipinski definition) is 1. The quantitative estimate of drug-likeness (QED) is 0.641. The van der Waals surface area contributed by atoms with Gasteiger partial charge in [-0.05, 0) is 37.0 Å². The predicted octanol–water partition coefficient (Wildman–Crippen LogP) is 2.88. The lowest BCUT2D eigenvalue weighted by atomic mass is 10.0. The maximum Gasteiger partial charge on any atom is 0.416 e. The van der Waals surface area contributed by atoms with Gasteiger partial charge < -0.3 is 15.4 Å². The minimum absolute atomic E-state index is 0.112. The summed E-state index contributed by atoms with van der Waals surface area (Å²) < 4.78 is 44.0. The molecule has 0 saturated carbocycles. The molecule has 1 aromatic rings. The first-order valence-electron chi connectivity index (χ1n) is 9.49. The molecule has 2 N–H and O–H groups in total. The van der Waals surface area contributed by atoms with E-state index in [1.807, 2.05) is 0 Å². The third-order valence-electron chi connectivity index (χ3n) is 5.22. The summed E-state index contributed by atoms with van der Waals surface area (Å²) in [6, 6.07) is 5.27. The highest BCUT2D eigenvalue weighted by Crippen LogP contribution is 2.31. The van der Waals surface area contributed by atoms with Gasteiger partial charge in [0.1, 0.15) is 0 Å². The zero-order valence-corrected chi connectivity index (χ0v) is 15.4. The van der Waals surface area contributed by atoms with Crippen molar-refractivity contribution < 1.29 is 17.9 Å². The van der Waals surface area contributed by atoms with Crippen LogP contribution in [-0.2, 0) is 10.9 Å². The molecule has 2 saturated heterocycles. The molecule has 1 aromatic carbocycles. The van der Waals surface area contributed by atoms with Gasteiger partial charge in [-0.1, -0.05) is 12.1 Å². The summed E-state index contributed by atoms with van der Waals surface area (Å²) in [6.07, 6.45) is -0.889. The zero-order valence-electron chi connectivity index (χ0n) is 15.4. The molecular formula is C19H27F3N4O. The number of benzene rings is 1. The largest absolute Gasteiger partial charge is 0.416 e. The van der Waals surface area contributed by atoms with E-state index in [1.54, 1.807) is 12.1 Å². The first-order chi connectivity index (χ1) is 12.9. The average molecular weight is 384 g/mol. The molecule has 27 heavy (non-hydrogen) atoms. The highest BCUT2D eigenvalue weighted by Gasteiger charge is 2.31. The fraction of sp³-hybridized carbons (Fsp3) is 0.632. The van der Waals surface area contributed by atoms with Crippen molar-refractivity contribution in [3.05, 3.63) is 35.4 Å². The summed E-state index contributed by atoms with van der Waals surface area (Å²) in [4.78, 5) is 8.88. The molecule has 1 atom stereocenters. The van der Waals surface area contributed by atoms with Crippen molar-refractivity contribution in [2.45, 2.75) is 31.5 Å². The lowest BCUT2D eigenvalue weighted by Gasteiger charge is -2.34. The molecule has 0 bridgehead atoms. The molecule has 0 radical (unpaired) electrons. The molecule has 0 aromatic heterocycles. The Labute approximate surface area is 158 Å². The fourth-order valence-electron chi connectivity index (χ4n) is 3.62. The third-order valence-corrected chi connectivity index (χ3v) is 5.22. The summed E-state index contributed by atoms with van der Waals surface area (Å²) in [6.45, 7) is 4.93. The third kappa shape index (κ3) is 5.35. The Bertz CT molecular complexity index is 621. The Hall–Kier alpha value is -1.80. The van der Waals surface area contributed by atoms with Crippen molar-refractivity contribution in [3.63, 3.8) is 0 Å². The van der Waals surface area contributed by atoms with Crippen LogP contribution in [0.5, 0.6) is 0 Å². The van der Waals surface area contributed by atoms with Crippen molar-refractivity contribution in [1.29, 1.82) is 0 Å². The van der Waals surface area contributed by atoms with Crippen LogP contribution in [0.4, 0.5) is 13.2 Å². The smallest absolute Gasteiger partial charge is 0.379 e. The van der Waals surface area contributed by atoms with E-state index >= 15 is 0 Å². The topological polar surface area (TPSA) is 54.1 Å². The van der Waals surface area contributed by atoms with Gasteiger partial charge in [-0.15, -0.1) is 0 Å². The number of guanidine groups is 1. The summed E-state index contributed by atoms with van der Waals surface area (Å²) in [5, 5.41) is 0. The lowest BCUT2D eigenvalue weighted by Crippen LogP contribution is -2.43. The molecule has 2 heterocycles. The van der Waals surface area contributed by atoms with Crippen LogP contribution in [0.25, 0.3) is 0 Å². The average Bonchev–Trinajstić information content (AvgIpc) is 2.69. The Morgan fingerprint density at radius 3 is 2.26 bits per heavy atom. The van der Waals surface area contributed by atoms with Crippen molar-refractivity contribution in [1.82, 2.24) is 9.80 Å². The molecule has 2 aliphatic rings. The number of halogens is 3. The first kappa shape index (κ1) is 19.9. The Kier molecular flexibility index (Phi) is 6.59. The molecule has 2 aliphatic heterocycles. The van der Waals surface area contributed by atoms with Gasteiger partial charge in [0.05, 0.1) is 31.4 Å². The van der Waals surface area contributed by atoms with Crippen molar-refractivity contribution in [3.8, 4) is 0 Å². The van der Waals surface area contributed by atoms with Gasteiger partial charge >= 0.3 is 6.18 Å². The van der Waals surface area contributed by atoms with Gasteiger partial charge in [0.25, 0.3) is 0 Å². The van der Waals surface area contributed by atoms with E-state index in [4.69, 9.17) is 10.5 Å². The van der Waals surface area contributed by atoms with Crippen molar-refractivity contribution >= 4 is 5.96 Å². The highest BCUT2D eigenvalue weighted by atomic mass is 19.4. The molecule has 5 nitrogen and oxygen atoms in total. The normalized spacial score (nSPS) is 21.3. The van der Waals surface area contributed by atoms with Crippen LogP contribution in [0.1, 0.15) is 36.4 Å². The monoisotopic (exact) mass is 384 g/mol. The molecule has 150 valence electrons. The SMILES string of the molecule is NC(=NCC(c1ccc(C(F)(F)F)cc1)N1CCOCC1)N1CCCCC1. The zero-order chi connectivity index (χ0) is 19.3. The van der Waals surface area contributed by atoms with Gasteiger partial charge in [0.2, 0.25) is 0 Å². The second-order valence-electron chi connectivity index (χ2n) is 7.03. The van der Waals surface area contributed by atoms with E-state index in [9.17, 15) is 13.2 Å². The number of nitrogens with two attached hydrogens (primary N) is 1. The van der Waals surface area contributed by atoms with Crippen LogP contribution in [0.3, 0.4) is 0 Å². The van der Waals surface area contributed by atoms with Crippen LogP contribution < -0.4 is 5.73 Å². The minimum atomic E-state index is -4.33. The molecular weight excluding hydrogens is 357 g/mol. The van der Waals surface area contributed by atoms with Gasteiger partial charge in [-0.3, -0.25) is 9.89 Å². The highest BCUT2D eigenvalue weighted by molar-refractivity contribution is 5.78. The van der Waals surface area contributed by atoms with Crippen LogP contribution in [0.2, 0.25) is 0 Å². The van der Waals surface area contributed by atoms with Crippen LogP contribution in [-0.4, -0.2) is 61.7 Å². The molecule has 0 aliphatic carbocycles. The molecule has 8 heteroatoms. The number of rotatable bonds is 4. The second-order valence-corrected chi connectivity index (χ2v) is 7.03. The Morgan fingerprint density at radius 1 is 1.04 bits per heavy atom. The van der Waals surface area contributed by atoms with Gasteiger partial charge in [-0.25, -0.2) is 0 Å². The number of likely N-dealkylation sites (tertiary alicyclic amines) is 1. The van der Waals surface area contributed by atoms with E-state index in [0.29, 0.717) is 25.7 Å². The van der Waals surface area contributed by atoms with E-state index in [1.165, 1.54) is 6.42 Å². The minimum Gasteiger partial charge on any atom is -0.379 e. The number of morpholine rings is 1. The van der Waals surface area contributed by atoms with Crippen molar-refractivity contribution in [2.24, 2.45) is 10.7 Å².